The normalized spacial score (nSPS) is 20.1. The zero-order valence-corrected chi connectivity index (χ0v) is 11.5. The van der Waals surface area contributed by atoms with Crippen molar-refractivity contribution in [2.75, 3.05) is 19.7 Å². The lowest BCUT2D eigenvalue weighted by atomic mass is 9.98. The molecule has 0 amide bonds. The summed E-state index contributed by atoms with van der Waals surface area (Å²) in [5.41, 5.74) is 2.83. The first-order valence-electron chi connectivity index (χ1n) is 7.13. The fourth-order valence-corrected chi connectivity index (χ4v) is 3.11. The quantitative estimate of drug-likeness (QED) is 0.927. The predicted octanol–water partition coefficient (Wildman–Crippen LogP) is 2.02. The minimum Gasteiger partial charge on any atom is -0.396 e. The molecule has 1 N–H and O–H groups in total. The number of aliphatic hydroxyl groups is 1. The van der Waals surface area contributed by atoms with Crippen LogP contribution in [0.25, 0.3) is 5.52 Å². The summed E-state index contributed by atoms with van der Waals surface area (Å²) in [7, 11) is 0. The third kappa shape index (κ3) is 2.43. The molecule has 2 aromatic rings. The Balaban J connectivity index is 1.85. The summed E-state index contributed by atoms with van der Waals surface area (Å²) in [5, 5.41) is 18.7. The van der Waals surface area contributed by atoms with E-state index in [0.717, 1.165) is 49.1 Å². The molecule has 1 fully saturated rings. The summed E-state index contributed by atoms with van der Waals surface area (Å²) in [4.78, 5) is 2.35. The first kappa shape index (κ1) is 13.2. The van der Waals surface area contributed by atoms with Crippen molar-refractivity contribution in [3.8, 4) is 6.07 Å². The van der Waals surface area contributed by atoms with Gasteiger partial charge in [0, 0.05) is 37.7 Å². The molecular formula is C16H19N3O. The van der Waals surface area contributed by atoms with Gasteiger partial charge in [-0.25, -0.2) is 0 Å². The number of rotatable bonds is 3. The van der Waals surface area contributed by atoms with Gasteiger partial charge >= 0.3 is 0 Å². The first-order chi connectivity index (χ1) is 9.81. The number of fused-ring (bicyclic) bond motifs is 1. The molecule has 0 bridgehead atoms. The van der Waals surface area contributed by atoms with Crippen LogP contribution in [0.4, 0.5) is 0 Å². The second kappa shape index (κ2) is 5.66. The van der Waals surface area contributed by atoms with E-state index in [0.29, 0.717) is 5.92 Å². The molecule has 0 aliphatic carbocycles. The van der Waals surface area contributed by atoms with Crippen LogP contribution in [0.3, 0.4) is 0 Å². The van der Waals surface area contributed by atoms with E-state index in [9.17, 15) is 10.4 Å². The topological polar surface area (TPSA) is 51.7 Å². The average molecular weight is 269 g/mol. The first-order valence-corrected chi connectivity index (χ1v) is 7.13. The van der Waals surface area contributed by atoms with Gasteiger partial charge in [0.05, 0.1) is 11.1 Å². The highest BCUT2D eigenvalue weighted by molar-refractivity contribution is 5.65. The van der Waals surface area contributed by atoms with Gasteiger partial charge in [-0.1, -0.05) is 6.07 Å². The molecule has 1 atom stereocenters. The van der Waals surface area contributed by atoms with Crippen molar-refractivity contribution in [2.24, 2.45) is 5.92 Å². The van der Waals surface area contributed by atoms with Gasteiger partial charge in [-0.3, -0.25) is 4.90 Å². The van der Waals surface area contributed by atoms with Gasteiger partial charge < -0.3 is 9.51 Å². The Morgan fingerprint density at radius 1 is 1.40 bits per heavy atom. The summed E-state index contributed by atoms with van der Waals surface area (Å²) in [6.07, 6.45) is 6.26. The van der Waals surface area contributed by atoms with Crippen molar-refractivity contribution in [1.82, 2.24) is 9.30 Å². The van der Waals surface area contributed by atoms with Crippen molar-refractivity contribution >= 4 is 5.52 Å². The van der Waals surface area contributed by atoms with Gasteiger partial charge in [0.15, 0.2) is 0 Å². The Hall–Kier alpha value is -1.83. The van der Waals surface area contributed by atoms with Crippen LogP contribution in [-0.2, 0) is 6.54 Å². The molecule has 0 radical (unpaired) electrons. The van der Waals surface area contributed by atoms with Crippen LogP contribution in [0.2, 0.25) is 0 Å². The number of aliphatic hydroxyl groups excluding tert-OH is 1. The van der Waals surface area contributed by atoms with Gasteiger partial charge in [0.1, 0.15) is 6.07 Å². The van der Waals surface area contributed by atoms with E-state index in [1.165, 1.54) is 0 Å². The van der Waals surface area contributed by atoms with E-state index in [1.54, 1.807) is 0 Å². The molecule has 1 unspecified atom stereocenters. The lowest BCUT2D eigenvalue weighted by Crippen LogP contribution is -2.36. The summed E-state index contributed by atoms with van der Waals surface area (Å²) >= 11 is 0. The lowest BCUT2D eigenvalue weighted by Gasteiger charge is -2.31. The smallest absolute Gasteiger partial charge is 0.102 e. The lowest BCUT2D eigenvalue weighted by molar-refractivity contribution is 0.116. The number of likely N-dealkylation sites (tertiary alicyclic amines) is 1. The maximum Gasteiger partial charge on any atom is 0.102 e. The molecule has 1 aliphatic rings. The molecule has 1 aliphatic heterocycles. The molecule has 20 heavy (non-hydrogen) atoms. The zero-order valence-electron chi connectivity index (χ0n) is 11.5. The molecule has 0 saturated carbocycles. The van der Waals surface area contributed by atoms with Crippen molar-refractivity contribution in [3.05, 3.63) is 41.7 Å². The minimum absolute atomic E-state index is 0.263. The molecule has 0 aromatic carbocycles. The molecule has 4 nitrogen and oxygen atoms in total. The number of nitrogens with zero attached hydrogens (tertiary/aromatic N) is 3. The number of nitriles is 1. The fourth-order valence-electron chi connectivity index (χ4n) is 3.11. The Morgan fingerprint density at radius 2 is 2.30 bits per heavy atom. The van der Waals surface area contributed by atoms with E-state index >= 15 is 0 Å². The largest absolute Gasteiger partial charge is 0.396 e. The van der Waals surface area contributed by atoms with Crippen LogP contribution < -0.4 is 0 Å². The number of hydrogen-bond acceptors (Lipinski definition) is 3. The highest BCUT2D eigenvalue weighted by atomic mass is 16.3. The van der Waals surface area contributed by atoms with E-state index in [4.69, 9.17) is 0 Å². The van der Waals surface area contributed by atoms with E-state index in [-0.39, 0.29) is 6.61 Å². The van der Waals surface area contributed by atoms with Crippen LogP contribution in [0.15, 0.2) is 30.6 Å². The van der Waals surface area contributed by atoms with Crippen molar-refractivity contribution in [2.45, 2.75) is 19.4 Å². The van der Waals surface area contributed by atoms with Crippen LogP contribution in [0, 0.1) is 17.2 Å². The average Bonchev–Trinajstić information content (AvgIpc) is 2.84. The van der Waals surface area contributed by atoms with Crippen LogP contribution >= 0.6 is 0 Å². The van der Waals surface area contributed by atoms with E-state index in [1.807, 2.05) is 28.8 Å². The standard InChI is InChI=1S/C16H19N3O/c17-8-15-14(11-19-7-2-1-5-16(15)19)10-18-6-3-4-13(9-18)12-20/h1-2,5,7,11,13,20H,3-4,6,9-10,12H2. The predicted molar refractivity (Wildman–Crippen MR) is 77.2 cm³/mol. The molecule has 3 heterocycles. The second-order valence-electron chi connectivity index (χ2n) is 5.56. The van der Waals surface area contributed by atoms with Crippen molar-refractivity contribution < 1.29 is 5.11 Å². The SMILES string of the molecule is N#Cc1c(CN2CCCC(CO)C2)cn2ccccc12. The molecule has 3 rings (SSSR count). The fraction of sp³-hybridized carbons (Fsp3) is 0.438. The molecule has 2 aromatic heterocycles. The van der Waals surface area contributed by atoms with Gasteiger partial charge in [-0.05, 0) is 37.4 Å². The number of piperidine rings is 1. The third-order valence-corrected chi connectivity index (χ3v) is 4.13. The number of aromatic nitrogens is 1. The van der Waals surface area contributed by atoms with Gasteiger partial charge in [-0.2, -0.15) is 5.26 Å². The molecule has 0 spiro atoms. The number of hydrogen-bond donors (Lipinski definition) is 1. The summed E-state index contributed by atoms with van der Waals surface area (Å²) in [6.45, 7) is 3.03. The van der Waals surface area contributed by atoms with E-state index in [2.05, 4.69) is 17.2 Å². The Morgan fingerprint density at radius 3 is 3.10 bits per heavy atom. The monoisotopic (exact) mass is 269 g/mol. The van der Waals surface area contributed by atoms with Crippen LogP contribution in [0.5, 0.6) is 0 Å². The number of pyridine rings is 1. The molecule has 104 valence electrons. The Labute approximate surface area is 118 Å². The molecule has 4 heteroatoms. The second-order valence-corrected chi connectivity index (χ2v) is 5.56. The molecule has 1 saturated heterocycles. The highest BCUT2D eigenvalue weighted by Crippen LogP contribution is 2.22. The van der Waals surface area contributed by atoms with Gasteiger partial charge in [0.25, 0.3) is 0 Å². The maximum atomic E-state index is 9.41. The summed E-state index contributed by atoms with van der Waals surface area (Å²) in [5.74, 6) is 0.381. The van der Waals surface area contributed by atoms with Crippen LogP contribution in [0.1, 0.15) is 24.0 Å². The summed E-state index contributed by atoms with van der Waals surface area (Å²) < 4.78 is 2.02. The van der Waals surface area contributed by atoms with E-state index < -0.39 is 0 Å². The molecular weight excluding hydrogens is 250 g/mol. The zero-order chi connectivity index (χ0) is 13.9. The Bertz CT molecular complexity index is 641. The van der Waals surface area contributed by atoms with Gasteiger partial charge in [0.2, 0.25) is 0 Å². The van der Waals surface area contributed by atoms with Crippen LogP contribution in [-0.4, -0.2) is 34.1 Å². The van der Waals surface area contributed by atoms with Crippen molar-refractivity contribution in [1.29, 1.82) is 5.26 Å². The summed E-state index contributed by atoms with van der Waals surface area (Å²) in [6, 6.07) is 8.25. The highest BCUT2D eigenvalue weighted by Gasteiger charge is 2.21. The maximum absolute atomic E-state index is 9.41. The van der Waals surface area contributed by atoms with Crippen molar-refractivity contribution in [3.63, 3.8) is 0 Å². The minimum atomic E-state index is 0.263. The Kier molecular flexibility index (Phi) is 3.72. The third-order valence-electron chi connectivity index (χ3n) is 4.13. The van der Waals surface area contributed by atoms with Gasteiger partial charge in [-0.15, -0.1) is 0 Å².